The van der Waals surface area contributed by atoms with Gasteiger partial charge in [-0.05, 0) is 45.0 Å². The molecule has 5 nitrogen and oxygen atoms in total. The molecule has 0 unspecified atom stereocenters. The quantitative estimate of drug-likeness (QED) is 0.911. The van der Waals surface area contributed by atoms with Gasteiger partial charge in [-0.3, -0.25) is 10.1 Å². The van der Waals surface area contributed by atoms with Gasteiger partial charge in [-0.2, -0.15) is 0 Å². The summed E-state index contributed by atoms with van der Waals surface area (Å²) < 4.78 is 5.17. The van der Waals surface area contributed by atoms with Crippen LogP contribution in [0.15, 0.2) is 24.3 Å². The SMILES string of the molecule is CC(C)(C)OC(=O)Nc1ccc(C(=O)N2CCSC2)cc1. The van der Waals surface area contributed by atoms with E-state index in [2.05, 4.69) is 5.32 Å². The highest BCUT2D eigenvalue weighted by atomic mass is 32.2. The lowest BCUT2D eigenvalue weighted by Gasteiger charge is -2.19. The first-order valence-corrected chi connectivity index (χ1v) is 7.98. The summed E-state index contributed by atoms with van der Waals surface area (Å²) in [5.74, 6) is 1.77. The molecule has 114 valence electrons. The summed E-state index contributed by atoms with van der Waals surface area (Å²) in [7, 11) is 0. The van der Waals surface area contributed by atoms with Crippen molar-refractivity contribution in [1.82, 2.24) is 4.90 Å². The molecule has 2 rings (SSSR count). The zero-order chi connectivity index (χ0) is 15.5. The number of ether oxygens (including phenoxy) is 1. The normalized spacial score (nSPS) is 14.9. The molecule has 1 N–H and O–H groups in total. The molecule has 2 amide bonds. The predicted molar refractivity (Wildman–Crippen MR) is 84.7 cm³/mol. The van der Waals surface area contributed by atoms with Crippen LogP contribution in [0.3, 0.4) is 0 Å². The number of nitrogens with zero attached hydrogens (tertiary/aromatic N) is 1. The minimum atomic E-state index is -0.534. The van der Waals surface area contributed by atoms with Crippen molar-refractivity contribution >= 4 is 29.4 Å². The largest absolute Gasteiger partial charge is 0.444 e. The second-order valence-electron chi connectivity index (χ2n) is 5.81. The molecule has 1 aromatic carbocycles. The highest BCUT2D eigenvalue weighted by Crippen LogP contribution is 2.18. The van der Waals surface area contributed by atoms with E-state index < -0.39 is 11.7 Å². The van der Waals surface area contributed by atoms with E-state index >= 15 is 0 Å². The Labute approximate surface area is 129 Å². The van der Waals surface area contributed by atoms with E-state index in [1.807, 2.05) is 25.7 Å². The molecule has 0 aliphatic carbocycles. The Morgan fingerprint density at radius 3 is 2.43 bits per heavy atom. The topological polar surface area (TPSA) is 58.6 Å². The Morgan fingerprint density at radius 2 is 1.90 bits per heavy atom. The fraction of sp³-hybridized carbons (Fsp3) is 0.467. The Kier molecular flexibility index (Phi) is 4.77. The van der Waals surface area contributed by atoms with Crippen molar-refractivity contribution in [2.45, 2.75) is 26.4 Å². The van der Waals surface area contributed by atoms with Crippen molar-refractivity contribution < 1.29 is 14.3 Å². The van der Waals surface area contributed by atoms with Gasteiger partial charge in [0.1, 0.15) is 5.60 Å². The van der Waals surface area contributed by atoms with Crippen LogP contribution in [-0.2, 0) is 4.74 Å². The molecule has 6 heteroatoms. The van der Waals surface area contributed by atoms with E-state index in [-0.39, 0.29) is 5.91 Å². The Balaban J connectivity index is 1.95. The molecule has 0 radical (unpaired) electrons. The van der Waals surface area contributed by atoms with E-state index in [1.165, 1.54) is 0 Å². The molecular formula is C15H20N2O3S. The molecule has 1 aromatic rings. The maximum atomic E-state index is 12.2. The maximum absolute atomic E-state index is 12.2. The van der Waals surface area contributed by atoms with Crippen LogP contribution in [-0.4, -0.2) is 40.7 Å². The molecule has 1 saturated heterocycles. The molecule has 0 saturated carbocycles. The van der Waals surface area contributed by atoms with E-state index in [4.69, 9.17) is 4.74 Å². The fourth-order valence-electron chi connectivity index (χ4n) is 1.87. The number of carbonyl (C=O) groups excluding carboxylic acids is 2. The zero-order valence-corrected chi connectivity index (χ0v) is 13.3. The van der Waals surface area contributed by atoms with Gasteiger partial charge in [-0.1, -0.05) is 0 Å². The standard InChI is InChI=1S/C15H20N2O3S/c1-15(2,3)20-14(19)16-12-6-4-11(5-7-12)13(18)17-8-9-21-10-17/h4-7H,8-10H2,1-3H3,(H,16,19). The number of amides is 2. The van der Waals surface area contributed by atoms with Gasteiger partial charge in [0.25, 0.3) is 5.91 Å². The summed E-state index contributed by atoms with van der Waals surface area (Å²) >= 11 is 1.75. The van der Waals surface area contributed by atoms with Gasteiger partial charge in [0, 0.05) is 23.5 Å². The van der Waals surface area contributed by atoms with Crippen LogP contribution in [0.4, 0.5) is 10.5 Å². The number of carbonyl (C=O) groups is 2. The third-order valence-corrected chi connectivity index (χ3v) is 3.78. The Hall–Kier alpha value is -1.69. The number of benzene rings is 1. The Bertz CT molecular complexity index is 517. The van der Waals surface area contributed by atoms with Crippen molar-refractivity contribution in [2.24, 2.45) is 0 Å². The second-order valence-corrected chi connectivity index (χ2v) is 6.88. The lowest BCUT2D eigenvalue weighted by atomic mass is 10.2. The van der Waals surface area contributed by atoms with Gasteiger partial charge < -0.3 is 9.64 Å². The molecular weight excluding hydrogens is 288 g/mol. The van der Waals surface area contributed by atoms with Gasteiger partial charge >= 0.3 is 6.09 Å². The first kappa shape index (κ1) is 15.7. The molecule has 0 atom stereocenters. The first-order valence-electron chi connectivity index (χ1n) is 6.82. The summed E-state index contributed by atoms with van der Waals surface area (Å²) in [6.07, 6.45) is -0.502. The van der Waals surface area contributed by atoms with Crippen molar-refractivity contribution in [3.63, 3.8) is 0 Å². The van der Waals surface area contributed by atoms with Crippen LogP contribution < -0.4 is 5.32 Å². The smallest absolute Gasteiger partial charge is 0.412 e. The van der Waals surface area contributed by atoms with Crippen LogP contribution in [0.1, 0.15) is 31.1 Å². The van der Waals surface area contributed by atoms with Gasteiger partial charge in [0.2, 0.25) is 0 Å². The number of hydrogen-bond acceptors (Lipinski definition) is 4. The van der Waals surface area contributed by atoms with Crippen molar-refractivity contribution in [2.75, 3.05) is 23.5 Å². The first-order chi connectivity index (χ1) is 9.85. The summed E-state index contributed by atoms with van der Waals surface area (Å²) in [4.78, 5) is 25.6. The van der Waals surface area contributed by atoms with Crippen LogP contribution in [0, 0.1) is 0 Å². The van der Waals surface area contributed by atoms with E-state index in [9.17, 15) is 9.59 Å². The minimum Gasteiger partial charge on any atom is -0.444 e. The van der Waals surface area contributed by atoms with Crippen molar-refractivity contribution in [1.29, 1.82) is 0 Å². The highest BCUT2D eigenvalue weighted by Gasteiger charge is 2.20. The van der Waals surface area contributed by atoms with Crippen molar-refractivity contribution in [3.05, 3.63) is 29.8 Å². The van der Waals surface area contributed by atoms with E-state index in [0.29, 0.717) is 11.3 Å². The van der Waals surface area contributed by atoms with Gasteiger partial charge in [-0.25, -0.2) is 4.79 Å². The summed E-state index contributed by atoms with van der Waals surface area (Å²) in [6, 6.07) is 6.86. The minimum absolute atomic E-state index is 0.0313. The number of anilines is 1. The van der Waals surface area contributed by atoms with E-state index in [0.717, 1.165) is 18.2 Å². The van der Waals surface area contributed by atoms with Gasteiger partial charge in [0.05, 0.1) is 5.88 Å². The average Bonchev–Trinajstić information content (AvgIpc) is 2.90. The van der Waals surface area contributed by atoms with E-state index in [1.54, 1.807) is 36.0 Å². The number of hydrogen-bond donors (Lipinski definition) is 1. The average molecular weight is 308 g/mol. The highest BCUT2D eigenvalue weighted by molar-refractivity contribution is 7.99. The molecule has 0 bridgehead atoms. The molecule has 0 aromatic heterocycles. The maximum Gasteiger partial charge on any atom is 0.412 e. The molecule has 1 heterocycles. The second kappa shape index (κ2) is 6.39. The number of rotatable bonds is 2. The van der Waals surface area contributed by atoms with Crippen LogP contribution >= 0.6 is 11.8 Å². The zero-order valence-electron chi connectivity index (χ0n) is 12.5. The third kappa shape index (κ3) is 4.67. The fourth-order valence-corrected chi connectivity index (χ4v) is 2.82. The summed E-state index contributed by atoms with van der Waals surface area (Å²) in [5.41, 5.74) is 0.705. The van der Waals surface area contributed by atoms with Gasteiger partial charge in [-0.15, -0.1) is 11.8 Å². The van der Waals surface area contributed by atoms with Crippen LogP contribution in [0.2, 0.25) is 0 Å². The van der Waals surface area contributed by atoms with Crippen molar-refractivity contribution in [3.8, 4) is 0 Å². The molecule has 21 heavy (non-hydrogen) atoms. The Morgan fingerprint density at radius 1 is 1.24 bits per heavy atom. The summed E-state index contributed by atoms with van der Waals surface area (Å²) in [6.45, 7) is 6.22. The molecule has 0 spiro atoms. The number of nitrogens with one attached hydrogen (secondary N) is 1. The predicted octanol–water partition coefficient (Wildman–Crippen LogP) is 3.18. The van der Waals surface area contributed by atoms with Crippen LogP contribution in [0.5, 0.6) is 0 Å². The molecule has 1 aliphatic rings. The van der Waals surface area contributed by atoms with Gasteiger partial charge in [0.15, 0.2) is 0 Å². The molecule has 1 aliphatic heterocycles. The summed E-state index contributed by atoms with van der Waals surface area (Å²) in [5, 5.41) is 2.64. The lowest BCUT2D eigenvalue weighted by molar-refractivity contribution is 0.0635. The third-order valence-electron chi connectivity index (χ3n) is 2.82. The van der Waals surface area contributed by atoms with Crippen LogP contribution in [0.25, 0.3) is 0 Å². The monoisotopic (exact) mass is 308 g/mol. The number of thioether (sulfide) groups is 1. The molecule has 1 fully saturated rings. The lowest BCUT2D eigenvalue weighted by Crippen LogP contribution is -2.28.